The predicted molar refractivity (Wildman–Crippen MR) is 94.1 cm³/mol. The molecule has 1 aliphatic heterocycles. The molecular formula is C18H29N3O2. The summed E-state index contributed by atoms with van der Waals surface area (Å²) in [7, 11) is 3.60. The molecule has 2 rings (SSSR count). The number of rotatable bonds is 7. The number of hydrogen-bond donors (Lipinski definition) is 1. The van der Waals surface area contributed by atoms with Crippen LogP contribution in [0.5, 0.6) is 5.75 Å². The van der Waals surface area contributed by atoms with E-state index >= 15 is 0 Å². The van der Waals surface area contributed by atoms with E-state index in [1.54, 1.807) is 7.11 Å². The first-order chi connectivity index (χ1) is 11.3. The lowest BCUT2D eigenvalue weighted by Crippen LogP contribution is -2.44. The van der Waals surface area contributed by atoms with Crippen LogP contribution in [0.15, 0.2) is 35.3 Å². The Morgan fingerprint density at radius 3 is 2.83 bits per heavy atom. The fourth-order valence-electron chi connectivity index (χ4n) is 2.90. The molecule has 5 nitrogen and oxygen atoms in total. The summed E-state index contributed by atoms with van der Waals surface area (Å²) in [5, 5.41) is 3.46. The molecule has 2 unspecified atom stereocenters. The number of likely N-dealkylation sites (tertiary alicyclic amines) is 1. The monoisotopic (exact) mass is 319 g/mol. The molecule has 1 fully saturated rings. The Morgan fingerprint density at radius 2 is 2.17 bits per heavy atom. The van der Waals surface area contributed by atoms with E-state index in [2.05, 4.69) is 22.1 Å². The molecule has 1 saturated heterocycles. The molecule has 1 aromatic rings. The quantitative estimate of drug-likeness (QED) is 0.619. The number of guanidine groups is 1. The van der Waals surface area contributed by atoms with Crippen LogP contribution in [0.4, 0.5) is 0 Å². The lowest BCUT2D eigenvalue weighted by Gasteiger charge is -2.24. The Hall–Kier alpha value is -1.75. The molecule has 0 amide bonds. The summed E-state index contributed by atoms with van der Waals surface area (Å²) in [6, 6.07) is 9.97. The summed E-state index contributed by atoms with van der Waals surface area (Å²) in [5.41, 5.74) is 0. The van der Waals surface area contributed by atoms with Crippen LogP contribution in [0, 0.1) is 5.92 Å². The smallest absolute Gasteiger partial charge is 0.193 e. The zero-order valence-corrected chi connectivity index (χ0v) is 14.5. The molecule has 2 atom stereocenters. The zero-order valence-electron chi connectivity index (χ0n) is 14.5. The number of nitrogens with zero attached hydrogens (tertiary/aromatic N) is 2. The summed E-state index contributed by atoms with van der Waals surface area (Å²) < 4.78 is 11.3. The summed E-state index contributed by atoms with van der Waals surface area (Å²) in [5.74, 6) is 2.47. The van der Waals surface area contributed by atoms with E-state index in [0.29, 0.717) is 5.92 Å². The predicted octanol–water partition coefficient (Wildman–Crippen LogP) is 2.39. The molecule has 128 valence electrons. The minimum Gasteiger partial charge on any atom is -0.489 e. The molecule has 1 aliphatic rings. The normalized spacial score (nSPS) is 19.7. The molecule has 0 radical (unpaired) electrons. The second kappa shape index (κ2) is 9.40. The SMILES string of the molecule is CCC(CNC(=NC)N1CCC(COC)C1)Oc1ccccc1. The van der Waals surface area contributed by atoms with Gasteiger partial charge in [-0.05, 0) is 25.0 Å². The van der Waals surface area contributed by atoms with Crippen molar-refractivity contribution in [1.29, 1.82) is 0 Å². The molecule has 0 aliphatic carbocycles. The molecule has 1 N–H and O–H groups in total. The Kier molecular flexibility index (Phi) is 7.20. The van der Waals surface area contributed by atoms with Gasteiger partial charge in [0.15, 0.2) is 5.96 Å². The first-order valence-electron chi connectivity index (χ1n) is 8.43. The van der Waals surface area contributed by atoms with E-state index in [4.69, 9.17) is 9.47 Å². The van der Waals surface area contributed by atoms with E-state index < -0.39 is 0 Å². The number of methoxy groups -OCH3 is 1. The van der Waals surface area contributed by atoms with Crippen LogP contribution >= 0.6 is 0 Å². The number of para-hydroxylation sites is 1. The number of hydrogen-bond acceptors (Lipinski definition) is 3. The molecule has 0 bridgehead atoms. The number of aliphatic imine (C=N–C) groups is 1. The maximum Gasteiger partial charge on any atom is 0.193 e. The van der Waals surface area contributed by atoms with Crippen LogP contribution in [0.1, 0.15) is 19.8 Å². The van der Waals surface area contributed by atoms with Crippen molar-refractivity contribution in [2.75, 3.05) is 40.4 Å². The average Bonchev–Trinajstić information content (AvgIpc) is 3.04. The molecular weight excluding hydrogens is 290 g/mol. The van der Waals surface area contributed by atoms with Crippen LogP contribution in [-0.4, -0.2) is 57.4 Å². The zero-order chi connectivity index (χ0) is 16.5. The lowest BCUT2D eigenvalue weighted by atomic mass is 10.1. The summed E-state index contributed by atoms with van der Waals surface area (Å²) in [6.07, 6.45) is 2.24. The summed E-state index contributed by atoms with van der Waals surface area (Å²) in [6.45, 7) is 5.75. The van der Waals surface area contributed by atoms with E-state index in [1.165, 1.54) is 0 Å². The fraction of sp³-hybridized carbons (Fsp3) is 0.611. The summed E-state index contributed by atoms with van der Waals surface area (Å²) in [4.78, 5) is 6.72. The highest BCUT2D eigenvalue weighted by Crippen LogP contribution is 2.16. The highest BCUT2D eigenvalue weighted by Gasteiger charge is 2.25. The third kappa shape index (κ3) is 5.43. The Balaban J connectivity index is 1.82. The maximum absolute atomic E-state index is 6.02. The van der Waals surface area contributed by atoms with Gasteiger partial charge in [0.25, 0.3) is 0 Å². The third-order valence-electron chi connectivity index (χ3n) is 4.19. The van der Waals surface area contributed by atoms with Crippen molar-refractivity contribution < 1.29 is 9.47 Å². The van der Waals surface area contributed by atoms with Crippen LogP contribution in [0.3, 0.4) is 0 Å². The lowest BCUT2D eigenvalue weighted by molar-refractivity contribution is 0.157. The first-order valence-corrected chi connectivity index (χ1v) is 8.43. The average molecular weight is 319 g/mol. The van der Waals surface area contributed by atoms with Gasteiger partial charge in [0.1, 0.15) is 11.9 Å². The summed E-state index contributed by atoms with van der Waals surface area (Å²) >= 11 is 0. The van der Waals surface area contributed by atoms with Gasteiger partial charge in [-0.2, -0.15) is 0 Å². The van der Waals surface area contributed by atoms with E-state index in [1.807, 2.05) is 37.4 Å². The standard InChI is InChI=1S/C18H29N3O2/c1-4-16(23-17-8-6-5-7-9-17)12-20-18(19-2)21-11-10-15(13-21)14-22-3/h5-9,15-16H,4,10-14H2,1-3H3,(H,19,20). The Labute approximate surface area is 139 Å². The van der Waals surface area contributed by atoms with Gasteiger partial charge in [0.05, 0.1) is 13.2 Å². The van der Waals surface area contributed by atoms with E-state index in [-0.39, 0.29) is 6.10 Å². The molecule has 5 heteroatoms. The van der Waals surface area contributed by atoms with Gasteiger partial charge >= 0.3 is 0 Å². The van der Waals surface area contributed by atoms with Crippen molar-refractivity contribution in [3.63, 3.8) is 0 Å². The van der Waals surface area contributed by atoms with E-state index in [0.717, 1.165) is 50.8 Å². The minimum atomic E-state index is 0.131. The highest BCUT2D eigenvalue weighted by molar-refractivity contribution is 5.80. The van der Waals surface area contributed by atoms with Gasteiger partial charge < -0.3 is 19.7 Å². The number of ether oxygens (including phenoxy) is 2. The van der Waals surface area contributed by atoms with Crippen molar-refractivity contribution in [2.24, 2.45) is 10.9 Å². The van der Waals surface area contributed by atoms with Gasteiger partial charge in [-0.15, -0.1) is 0 Å². The topological polar surface area (TPSA) is 46.1 Å². The molecule has 0 saturated carbocycles. The van der Waals surface area contributed by atoms with Gasteiger partial charge in [-0.1, -0.05) is 25.1 Å². The second-order valence-electron chi connectivity index (χ2n) is 5.95. The number of benzene rings is 1. The van der Waals surface area contributed by atoms with Crippen LogP contribution < -0.4 is 10.1 Å². The Morgan fingerprint density at radius 1 is 1.39 bits per heavy atom. The molecule has 1 heterocycles. The third-order valence-corrected chi connectivity index (χ3v) is 4.19. The van der Waals surface area contributed by atoms with Crippen molar-refractivity contribution in [3.05, 3.63) is 30.3 Å². The largest absolute Gasteiger partial charge is 0.489 e. The van der Waals surface area contributed by atoms with Gasteiger partial charge in [0, 0.05) is 33.2 Å². The van der Waals surface area contributed by atoms with Crippen LogP contribution in [0.2, 0.25) is 0 Å². The minimum absolute atomic E-state index is 0.131. The van der Waals surface area contributed by atoms with Crippen LogP contribution in [-0.2, 0) is 4.74 Å². The van der Waals surface area contributed by atoms with Crippen molar-refractivity contribution >= 4 is 5.96 Å². The van der Waals surface area contributed by atoms with Gasteiger partial charge in [0.2, 0.25) is 0 Å². The number of nitrogens with one attached hydrogen (secondary N) is 1. The van der Waals surface area contributed by atoms with Gasteiger partial charge in [-0.3, -0.25) is 4.99 Å². The maximum atomic E-state index is 6.02. The molecule has 23 heavy (non-hydrogen) atoms. The van der Waals surface area contributed by atoms with Gasteiger partial charge in [-0.25, -0.2) is 0 Å². The van der Waals surface area contributed by atoms with E-state index in [9.17, 15) is 0 Å². The molecule has 0 spiro atoms. The molecule has 0 aromatic heterocycles. The Bertz CT molecular complexity index is 478. The second-order valence-corrected chi connectivity index (χ2v) is 5.95. The fourth-order valence-corrected chi connectivity index (χ4v) is 2.90. The van der Waals surface area contributed by atoms with Crippen LogP contribution in [0.25, 0.3) is 0 Å². The van der Waals surface area contributed by atoms with Crippen molar-refractivity contribution in [2.45, 2.75) is 25.9 Å². The first kappa shape index (κ1) is 17.6. The molecule has 1 aromatic carbocycles. The van der Waals surface area contributed by atoms with Crippen molar-refractivity contribution in [1.82, 2.24) is 10.2 Å². The van der Waals surface area contributed by atoms with Crippen molar-refractivity contribution in [3.8, 4) is 5.75 Å². The highest BCUT2D eigenvalue weighted by atomic mass is 16.5.